The number of quaternary nitrogens is 1. The molecule has 0 spiro atoms. The number of aliphatic carboxylic acids is 1. The van der Waals surface area contributed by atoms with Gasteiger partial charge in [0, 0.05) is 12.8 Å². The molecule has 0 N–H and O–H groups in total. The van der Waals surface area contributed by atoms with Crippen LogP contribution in [0.15, 0.2) is 146 Å². The van der Waals surface area contributed by atoms with E-state index < -0.39 is 24.3 Å². The van der Waals surface area contributed by atoms with Gasteiger partial charge in [0.25, 0.3) is 0 Å². The molecule has 0 bridgehead atoms. The third kappa shape index (κ3) is 53.0. The molecule has 9 nitrogen and oxygen atoms in total. The molecule has 0 saturated heterocycles. The lowest BCUT2D eigenvalue weighted by Crippen LogP contribution is -2.44. The number of likely N-dealkylation sites (N-methyl/N-ethyl adjacent to an activating group) is 1. The number of carbonyl (C=O) groups is 3. The van der Waals surface area contributed by atoms with Gasteiger partial charge in [-0.3, -0.25) is 9.59 Å². The van der Waals surface area contributed by atoms with Crippen molar-refractivity contribution < 1.29 is 42.9 Å². The first-order valence-corrected chi connectivity index (χ1v) is 27.5. The largest absolute Gasteiger partial charge is 0.545 e. The van der Waals surface area contributed by atoms with Crippen LogP contribution in [0.2, 0.25) is 0 Å². The average molecular weight is 998 g/mol. The minimum Gasteiger partial charge on any atom is -0.545 e. The zero-order chi connectivity index (χ0) is 52.7. The van der Waals surface area contributed by atoms with Crippen molar-refractivity contribution in [2.24, 2.45) is 0 Å². The second kappa shape index (κ2) is 52.5. The summed E-state index contributed by atoms with van der Waals surface area (Å²) in [4.78, 5) is 37.0. The number of rotatable bonds is 48. The van der Waals surface area contributed by atoms with Crippen molar-refractivity contribution >= 4 is 17.9 Å². The van der Waals surface area contributed by atoms with Crippen LogP contribution in [0.25, 0.3) is 0 Å². The summed E-state index contributed by atoms with van der Waals surface area (Å²) in [5, 5.41) is 11.7. The van der Waals surface area contributed by atoms with Crippen LogP contribution in [-0.4, -0.2) is 82.3 Å². The van der Waals surface area contributed by atoms with Crippen molar-refractivity contribution in [3.63, 3.8) is 0 Å². The second-order valence-corrected chi connectivity index (χ2v) is 18.8. The van der Waals surface area contributed by atoms with Crippen molar-refractivity contribution in [3.8, 4) is 0 Å². The van der Waals surface area contributed by atoms with Gasteiger partial charge >= 0.3 is 11.9 Å². The highest BCUT2D eigenvalue weighted by molar-refractivity contribution is 5.70. The van der Waals surface area contributed by atoms with E-state index in [4.69, 9.17) is 18.9 Å². The molecule has 72 heavy (non-hydrogen) atoms. The summed E-state index contributed by atoms with van der Waals surface area (Å²) in [6.45, 7) is 4.47. The zero-order valence-electron chi connectivity index (χ0n) is 45.7. The number of carboxylic acid groups (broad SMARTS) is 1. The summed E-state index contributed by atoms with van der Waals surface area (Å²) >= 11 is 0. The van der Waals surface area contributed by atoms with E-state index >= 15 is 0 Å². The number of hydrogen-bond acceptors (Lipinski definition) is 8. The maximum Gasteiger partial charge on any atom is 0.306 e. The molecular weight excluding hydrogens is 899 g/mol. The first-order valence-electron chi connectivity index (χ1n) is 27.5. The number of esters is 2. The number of ether oxygens (including phenoxy) is 4. The molecule has 0 rings (SSSR count). The van der Waals surface area contributed by atoms with Gasteiger partial charge in [0.05, 0.1) is 40.3 Å². The van der Waals surface area contributed by atoms with E-state index in [9.17, 15) is 19.5 Å². The summed E-state index contributed by atoms with van der Waals surface area (Å²) in [5.41, 5.74) is 0. The fourth-order valence-electron chi connectivity index (χ4n) is 6.60. The number of nitrogens with zero attached hydrogens (tertiary/aromatic N) is 1. The molecule has 0 fully saturated rings. The summed E-state index contributed by atoms with van der Waals surface area (Å²) in [7, 11) is 5.88. The Morgan fingerprint density at radius 3 is 1.21 bits per heavy atom. The highest BCUT2D eigenvalue weighted by Crippen LogP contribution is 2.12. The molecule has 0 aliphatic carbocycles. The smallest absolute Gasteiger partial charge is 0.306 e. The van der Waals surface area contributed by atoms with Crippen LogP contribution in [0, 0.1) is 0 Å². The Morgan fingerprint density at radius 2 is 0.792 bits per heavy atom. The summed E-state index contributed by atoms with van der Waals surface area (Å²) < 4.78 is 22.5. The van der Waals surface area contributed by atoms with Gasteiger partial charge in [-0.05, 0) is 116 Å². The molecule has 0 aliphatic rings. The highest BCUT2D eigenvalue weighted by Gasteiger charge is 2.21. The third-order valence-corrected chi connectivity index (χ3v) is 10.8. The van der Waals surface area contributed by atoms with Crippen LogP contribution < -0.4 is 5.11 Å². The third-order valence-electron chi connectivity index (χ3n) is 10.8. The standard InChI is InChI=1S/C63H99NO8/c1-6-8-10-12-14-16-18-19-20-21-22-23-24-25-26-27-28-29-30-31-32-33-34-35-36-37-38-39-40-41-42-43-44-46-48-50-52-54-61(66)72-59(58-71-63(62(67)68)69-56-55-64(3,4)5)57-70-60(65)53-51-49-47-45-17-15-13-11-9-7-2/h8,10-11,13-14,16,19-20,22-23,25-26,28-29,31-32,34-35,37-38,40-41,43-44,59,63H,6-7,9,12,15,17-18,21,24,27,30,33,36,39,42,45-58H2,1-5H3/b10-8-,13-11-,16-14-,20-19-,23-22-,26-25-,29-28-,32-31-,35-34-,38-37-,41-40-,44-43-. The number of carboxylic acids is 1. The Kier molecular flexibility index (Phi) is 49.0. The first kappa shape index (κ1) is 67.2. The zero-order valence-corrected chi connectivity index (χ0v) is 45.7. The summed E-state index contributed by atoms with van der Waals surface area (Å²) in [5.74, 6) is -2.37. The first-order chi connectivity index (χ1) is 35.1. The Balaban J connectivity index is 4.28. The molecule has 9 heteroatoms. The van der Waals surface area contributed by atoms with E-state index in [1.807, 2.05) is 21.1 Å². The van der Waals surface area contributed by atoms with E-state index in [0.717, 1.165) is 128 Å². The van der Waals surface area contributed by atoms with Crippen molar-refractivity contribution in [2.75, 3.05) is 47.5 Å². The van der Waals surface area contributed by atoms with Gasteiger partial charge < -0.3 is 33.3 Å². The number of carbonyl (C=O) groups excluding carboxylic acids is 3. The highest BCUT2D eigenvalue weighted by atomic mass is 16.7. The Morgan fingerprint density at radius 1 is 0.431 bits per heavy atom. The van der Waals surface area contributed by atoms with Crippen molar-refractivity contribution in [1.29, 1.82) is 0 Å². The van der Waals surface area contributed by atoms with E-state index in [0.29, 0.717) is 23.9 Å². The second-order valence-electron chi connectivity index (χ2n) is 18.8. The Labute approximate surface area is 439 Å². The Hall–Kier alpha value is -4.83. The molecule has 404 valence electrons. The van der Waals surface area contributed by atoms with Gasteiger partial charge in [0.15, 0.2) is 12.4 Å². The van der Waals surface area contributed by atoms with Gasteiger partial charge in [-0.25, -0.2) is 0 Å². The minimum atomic E-state index is -1.64. The van der Waals surface area contributed by atoms with Gasteiger partial charge in [0.2, 0.25) is 0 Å². The molecule has 2 unspecified atom stereocenters. The molecule has 0 aliphatic heterocycles. The fraction of sp³-hybridized carbons (Fsp3) is 0.571. The van der Waals surface area contributed by atoms with E-state index in [-0.39, 0.29) is 38.6 Å². The van der Waals surface area contributed by atoms with Gasteiger partial charge in [0.1, 0.15) is 13.2 Å². The average Bonchev–Trinajstić information content (AvgIpc) is 3.35. The monoisotopic (exact) mass is 998 g/mol. The molecule has 2 atom stereocenters. The molecule has 0 radical (unpaired) electrons. The summed E-state index contributed by atoms with van der Waals surface area (Å²) in [6, 6.07) is 0. The molecule has 0 heterocycles. The van der Waals surface area contributed by atoms with Crippen molar-refractivity contribution in [3.05, 3.63) is 146 Å². The number of unbranched alkanes of at least 4 members (excludes halogenated alkanes) is 9. The predicted octanol–water partition coefficient (Wildman–Crippen LogP) is 14.7. The molecular formula is C63H99NO8. The maximum atomic E-state index is 12.8. The van der Waals surface area contributed by atoms with Crippen LogP contribution in [0.3, 0.4) is 0 Å². The SMILES string of the molecule is CC/C=C\C/C=C\C/C=C\C/C=C\C/C=C\C/C=C\C/C=C\C/C=C\C/C=C\C/C=C\C/C=C\CCCCCC(=O)OC(COC(=O)CCCCCCC/C=C\CCC)COC(OCC[N+](C)(C)C)C(=O)[O-]. The topological polar surface area (TPSA) is 111 Å². The fourth-order valence-corrected chi connectivity index (χ4v) is 6.60. The lowest BCUT2D eigenvalue weighted by molar-refractivity contribution is -0.870. The van der Waals surface area contributed by atoms with Crippen LogP contribution in [0.4, 0.5) is 0 Å². The van der Waals surface area contributed by atoms with Crippen LogP contribution in [0.5, 0.6) is 0 Å². The molecule has 0 aromatic heterocycles. The minimum absolute atomic E-state index is 0.131. The molecule has 0 amide bonds. The van der Waals surface area contributed by atoms with Gasteiger partial charge in [-0.15, -0.1) is 0 Å². The van der Waals surface area contributed by atoms with E-state index in [1.54, 1.807) is 0 Å². The van der Waals surface area contributed by atoms with Crippen LogP contribution >= 0.6 is 0 Å². The quantitative estimate of drug-likeness (QED) is 0.0195. The lowest BCUT2D eigenvalue weighted by Gasteiger charge is -2.26. The predicted molar refractivity (Wildman–Crippen MR) is 301 cm³/mol. The Bertz CT molecular complexity index is 1680. The van der Waals surface area contributed by atoms with E-state index in [2.05, 4.69) is 160 Å². The van der Waals surface area contributed by atoms with Crippen molar-refractivity contribution in [1.82, 2.24) is 0 Å². The van der Waals surface area contributed by atoms with Gasteiger partial charge in [-0.2, -0.15) is 0 Å². The molecule has 0 aromatic rings. The number of allylic oxidation sites excluding steroid dienone is 24. The normalized spacial score (nSPS) is 14.0. The van der Waals surface area contributed by atoms with Crippen LogP contribution in [0.1, 0.15) is 174 Å². The molecule has 0 saturated carbocycles. The summed E-state index contributed by atoms with van der Waals surface area (Å²) in [6.07, 6.45) is 73.4. The van der Waals surface area contributed by atoms with Gasteiger partial charge in [-0.1, -0.05) is 192 Å². The number of hydrogen-bond donors (Lipinski definition) is 0. The molecule has 0 aromatic carbocycles. The maximum absolute atomic E-state index is 12.8. The van der Waals surface area contributed by atoms with E-state index in [1.165, 1.54) is 6.42 Å². The lowest BCUT2D eigenvalue weighted by atomic mass is 10.1. The van der Waals surface area contributed by atoms with Crippen molar-refractivity contribution in [2.45, 2.75) is 187 Å². The van der Waals surface area contributed by atoms with Crippen LogP contribution in [-0.2, 0) is 33.3 Å².